The summed E-state index contributed by atoms with van der Waals surface area (Å²) in [5.74, 6) is -0.117. The summed E-state index contributed by atoms with van der Waals surface area (Å²) < 4.78 is 2.03. The number of rotatable bonds is 5. The molecule has 3 heterocycles. The van der Waals surface area contributed by atoms with E-state index in [9.17, 15) is 4.79 Å². The van der Waals surface area contributed by atoms with Crippen LogP contribution < -0.4 is 10.6 Å². The van der Waals surface area contributed by atoms with Crippen molar-refractivity contribution in [3.05, 3.63) is 35.0 Å². The molecule has 0 aliphatic rings. The predicted octanol–water partition coefficient (Wildman–Crippen LogP) is 1.98. The first-order valence-corrected chi connectivity index (χ1v) is 8.11. The van der Waals surface area contributed by atoms with Gasteiger partial charge in [0.2, 0.25) is 0 Å². The number of nitrogens with zero attached hydrogens (tertiary/aromatic N) is 4. The molecule has 0 fully saturated rings. The second kappa shape index (κ2) is 6.33. The molecule has 0 saturated heterocycles. The van der Waals surface area contributed by atoms with Crippen molar-refractivity contribution >= 4 is 33.3 Å². The van der Waals surface area contributed by atoms with E-state index in [1.165, 1.54) is 11.3 Å². The normalized spacial score (nSPS) is 10.9. The molecule has 0 aliphatic heterocycles. The van der Waals surface area contributed by atoms with Gasteiger partial charge < -0.3 is 15.2 Å². The summed E-state index contributed by atoms with van der Waals surface area (Å²) >= 11 is 1.34. The Labute approximate surface area is 137 Å². The molecule has 2 N–H and O–H groups in total. The molecule has 0 aliphatic carbocycles. The second-order valence-corrected chi connectivity index (χ2v) is 6.13. The van der Waals surface area contributed by atoms with Gasteiger partial charge in [0.1, 0.15) is 15.2 Å². The summed E-state index contributed by atoms with van der Waals surface area (Å²) in [5, 5.41) is 6.00. The first kappa shape index (κ1) is 15.4. The minimum atomic E-state index is -0.117. The van der Waals surface area contributed by atoms with Gasteiger partial charge in [-0.2, -0.15) is 0 Å². The number of hydrogen-bond acceptors (Lipinski definition) is 6. The molecule has 7 nitrogen and oxygen atoms in total. The molecule has 23 heavy (non-hydrogen) atoms. The zero-order chi connectivity index (χ0) is 16.4. The van der Waals surface area contributed by atoms with Crippen LogP contribution in [0.3, 0.4) is 0 Å². The smallest absolute Gasteiger partial charge is 0.263 e. The summed E-state index contributed by atoms with van der Waals surface area (Å²) in [4.78, 5) is 26.6. The van der Waals surface area contributed by atoms with Crippen molar-refractivity contribution in [2.45, 2.75) is 20.4 Å². The van der Waals surface area contributed by atoms with Gasteiger partial charge in [-0.25, -0.2) is 15.0 Å². The molecule has 0 atom stereocenters. The maximum absolute atomic E-state index is 12.5. The lowest BCUT2D eigenvalue weighted by molar-refractivity contribution is 0.0957. The van der Waals surface area contributed by atoms with Gasteiger partial charge in [-0.1, -0.05) is 0 Å². The number of fused-ring (bicyclic) bond motifs is 1. The number of aryl methyl sites for hydroxylation is 1. The third-order valence-electron chi connectivity index (χ3n) is 3.77. The highest BCUT2D eigenvalue weighted by Gasteiger charge is 2.18. The SMILES string of the molecule is CNc1c(C(=O)NCCn2cnc(C)c2C)sc2nccnc12. The van der Waals surface area contributed by atoms with E-state index in [1.807, 2.05) is 18.4 Å². The second-order valence-electron chi connectivity index (χ2n) is 5.13. The molecule has 0 spiro atoms. The Balaban J connectivity index is 1.72. The van der Waals surface area contributed by atoms with E-state index in [1.54, 1.807) is 25.8 Å². The lowest BCUT2D eigenvalue weighted by atomic mass is 10.3. The molecular formula is C15H18N6OS. The number of carbonyl (C=O) groups excluding carboxylic acids is 1. The molecule has 3 rings (SSSR count). The van der Waals surface area contributed by atoms with Gasteiger partial charge in [0, 0.05) is 38.2 Å². The Kier molecular flexibility index (Phi) is 4.24. The fraction of sp³-hybridized carbons (Fsp3) is 0.333. The number of hydrogen-bond donors (Lipinski definition) is 2. The molecule has 8 heteroatoms. The topological polar surface area (TPSA) is 84.7 Å². The Hall–Kier alpha value is -2.48. The number of carbonyl (C=O) groups is 1. The average molecular weight is 330 g/mol. The lowest BCUT2D eigenvalue weighted by Gasteiger charge is -2.08. The zero-order valence-electron chi connectivity index (χ0n) is 13.3. The molecule has 0 aromatic carbocycles. The minimum Gasteiger partial charge on any atom is -0.385 e. The van der Waals surface area contributed by atoms with Gasteiger partial charge in [0.15, 0.2) is 0 Å². The number of anilines is 1. The van der Waals surface area contributed by atoms with E-state index in [-0.39, 0.29) is 5.91 Å². The van der Waals surface area contributed by atoms with Gasteiger partial charge in [0.25, 0.3) is 5.91 Å². The van der Waals surface area contributed by atoms with Crippen molar-refractivity contribution in [3.63, 3.8) is 0 Å². The van der Waals surface area contributed by atoms with Crippen molar-refractivity contribution in [3.8, 4) is 0 Å². The number of imidazole rings is 1. The third-order valence-corrected chi connectivity index (χ3v) is 4.85. The largest absolute Gasteiger partial charge is 0.385 e. The van der Waals surface area contributed by atoms with Crippen LogP contribution in [0.1, 0.15) is 21.1 Å². The Bertz CT molecular complexity index is 853. The summed E-state index contributed by atoms with van der Waals surface area (Å²) in [6, 6.07) is 0. The van der Waals surface area contributed by atoms with Crippen LogP contribution in [0.5, 0.6) is 0 Å². The van der Waals surface area contributed by atoms with Gasteiger partial charge in [-0.15, -0.1) is 11.3 Å². The van der Waals surface area contributed by atoms with Crippen molar-refractivity contribution in [2.75, 3.05) is 18.9 Å². The predicted molar refractivity (Wildman–Crippen MR) is 91.0 cm³/mol. The summed E-state index contributed by atoms with van der Waals surface area (Å²) in [5.41, 5.74) is 3.58. The third kappa shape index (κ3) is 2.89. The van der Waals surface area contributed by atoms with Crippen LogP contribution >= 0.6 is 11.3 Å². The molecule has 120 valence electrons. The lowest BCUT2D eigenvalue weighted by Crippen LogP contribution is -2.27. The van der Waals surface area contributed by atoms with E-state index in [2.05, 4.69) is 25.6 Å². The molecule has 0 radical (unpaired) electrons. The quantitative estimate of drug-likeness (QED) is 0.747. The van der Waals surface area contributed by atoms with Crippen molar-refractivity contribution < 1.29 is 4.79 Å². The van der Waals surface area contributed by atoms with E-state index in [4.69, 9.17) is 0 Å². The molecule has 0 unspecified atom stereocenters. The van der Waals surface area contributed by atoms with E-state index in [0.717, 1.165) is 27.4 Å². The minimum absolute atomic E-state index is 0.117. The summed E-state index contributed by atoms with van der Waals surface area (Å²) in [6.07, 6.45) is 5.05. The zero-order valence-corrected chi connectivity index (χ0v) is 14.1. The highest BCUT2D eigenvalue weighted by atomic mass is 32.1. The number of amides is 1. The molecule has 1 amide bonds. The van der Waals surface area contributed by atoms with Crippen LogP contribution in [0.25, 0.3) is 10.3 Å². The molecule has 0 saturated carbocycles. The maximum atomic E-state index is 12.5. The monoisotopic (exact) mass is 330 g/mol. The maximum Gasteiger partial charge on any atom is 0.263 e. The van der Waals surface area contributed by atoms with Crippen molar-refractivity contribution in [1.29, 1.82) is 0 Å². The highest BCUT2D eigenvalue weighted by Crippen LogP contribution is 2.32. The van der Waals surface area contributed by atoms with Crippen molar-refractivity contribution in [2.24, 2.45) is 0 Å². The van der Waals surface area contributed by atoms with Gasteiger partial charge in [0.05, 0.1) is 17.7 Å². The molecule has 3 aromatic rings. The van der Waals surface area contributed by atoms with E-state index < -0.39 is 0 Å². The fourth-order valence-corrected chi connectivity index (χ4v) is 3.38. The van der Waals surface area contributed by atoms with Crippen LogP contribution in [-0.2, 0) is 6.54 Å². The standard InChI is InChI=1S/C15H18N6OS/c1-9-10(2)21(8-20-9)7-6-18-14(22)13-11(16-3)12-15(23-13)19-5-4-17-12/h4-5,8,16H,6-7H2,1-3H3,(H,18,22). The van der Waals surface area contributed by atoms with Crippen LogP contribution in [0.15, 0.2) is 18.7 Å². The van der Waals surface area contributed by atoms with Gasteiger partial charge in [-0.05, 0) is 13.8 Å². The first-order valence-electron chi connectivity index (χ1n) is 7.29. The van der Waals surface area contributed by atoms with Crippen LogP contribution in [-0.4, -0.2) is 39.0 Å². The highest BCUT2D eigenvalue weighted by molar-refractivity contribution is 7.21. The van der Waals surface area contributed by atoms with Crippen LogP contribution in [0, 0.1) is 13.8 Å². The first-order chi connectivity index (χ1) is 11.1. The van der Waals surface area contributed by atoms with Crippen LogP contribution in [0.2, 0.25) is 0 Å². The Morgan fingerprint density at radius 1 is 1.26 bits per heavy atom. The van der Waals surface area contributed by atoms with Crippen LogP contribution in [0.4, 0.5) is 5.69 Å². The van der Waals surface area contributed by atoms with E-state index in [0.29, 0.717) is 18.0 Å². The van der Waals surface area contributed by atoms with Crippen molar-refractivity contribution in [1.82, 2.24) is 24.8 Å². The number of thiophene rings is 1. The fourth-order valence-electron chi connectivity index (χ4n) is 2.36. The number of nitrogens with one attached hydrogen (secondary N) is 2. The van der Waals surface area contributed by atoms with Gasteiger partial charge in [-0.3, -0.25) is 4.79 Å². The molecule has 0 bridgehead atoms. The Morgan fingerprint density at radius 3 is 2.74 bits per heavy atom. The van der Waals surface area contributed by atoms with E-state index >= 15 is 0 Å². The van der Waals surface area contributed by atoms with Gasteiger partial charge >= 0.3 is 0 Å². The average Bonchev–Trinajstić information content (AvgIpc) is 3.09. The molecular weight excluding hydrogens is 312 g/mol. The Morgan fingerprint density at radius 2 is 2.04 bits per heavy atom. The molecule has 3 aromatic heterocycles. The summed E-state index contributed by atoms with van der Waals surface area (Å²) in [7, 11) is 1.78. The number of aromatic nitrogens is 4. The summed E-state index contributed by atoms with van der Waals surface area (Å²) in [6.45, 7) is 5.22.